The fourth-order valence-corrected chi connectivity index (χ4v) is 6.75. The van der Waals surface area contributed by atoms with Gasteiger partial charge in [0.05, 0.1) is 8.07 Å². The molecule has 0 aromatic heterocycles. The third-order valence-electron chi connectivity index (χ3n) is 4.28. The highest BCUT2D eigenvalue weighted by Crippen LogP contribution is 2.22. The van der Waals surface area contributed by atoms with Gasteiger partial charge in [-0.3, -0.25) is 4.79 Å². The second-order valence-electron chi connectivity index (χ2n) is 4.83. The summed E-state index contributed by atoms with van der Waals surface area (Å²) in [4.78, 5) is 11.5. The fourth-order valence-electron chi connectivity index (χ4n) is 2.87. The van der Waals surface area contributed by atoms with E-state index in [1.165, 1.54) is 23.3 Å². The zero-order valence-electron chi connectivity index (χ0n) is 11.8. The molecule has 1 aromatic carbocycles. The predicted molar refractivity (Wildman–Crippen MR) is 82.6 cm³/mol. The fraction of sp³-hybridized carbons (Fsp3) is 0.438. The van der Waals surface area contributed by atoms with Crippen LogP contribution >= 0.6 is 0 Å². The average Bonchev–Trinajstić information content (AvgIpc) is 2.42. The summed E-state index contributed by atoms with van der Waals surface area (Å²) >= 11 is 0. The number of hydrogen-bond acceptors (Lipinski definition) is 1. The van der Waals surface area contributed by atoms with E-state index in [-0.39, 0.29) is 0 Å². The van der Waals surface area contributed by atoms with Crippen molar-refractivity contribution in [3.05, 3.63) is 42.0 Å². The lowest BCUT2D eigenvalue weighted by Crippen LogP contribution is -2.48. The van der Waals surface area contributed by atoms with E-state index in [0.717, 1.165) is 23.8 Å². The van der Waals surface area contributed by atoms with E-state index in [2.05, 4.69) is 45.5 Å². The maximum Gasteiger partial charge on any atom is 0.150 e. The molecule has 1 nitrogen and oxygen atoms in total. The quantitative estimate of drug-likeness (QED) is 0.412. The first-order valence-corrected chi connectivity index (χ1v) is 9.49. The molecule has 0 bridgehead atoms. The number of benzene rings is 1. The average molecular weight is 260 g/mol. The Morgan fingerprint density at radius 1 is 1.17 bits per heavy atom. The van der Waals surface area contributed by atoms with Crippen LogP contribution in [0.5, 0.6) is 0 Å². The van der Waals surface area contributed by atoms with Crippen LogP contribution in [0.25, 0.3) is 0 Å². The molecule has 0 fully saturated rings. The van der Waals surface area contributed by atoms with Crippen LogP contribution in [0.2, 0.25) is 18.1 Å². The van der Waals surface area contributed by atoms with Crippen molar-refractivity contribution in [2.24, 2.45) is 0 Å². The third-order valence-corrected chi connectivity index (χ3v) is 9.92. The molecule has 0 saturated heterocycles. The summed E-state index contributed by atoms with van der Waals surface area (Å²) in [6, 6.07) is 9.95. The summed E-state index contributed by atoms with van der Waals surface area (Å²) in [6.45, 7) is 10.6. The topological polar surface area (TPSA) is 17.1 Å². The van der Waals surface area contributed by atoms with Gasteiger partial charge in [0.15, 0.2) is 0 Å². The van der Waals surface area contributed by atoms with Crippen LogP contribution in [-0.2, 0) is 6.42 Å². The molecule has 0 aliphatic rings. The molecule has 0 saturated carbocycles. The van der Waals surface area contributed by atoms with Crippen LogP contribution in [0.4, 0.5) is 0 Å². The summed E-state index contributed by atoms with van der Waals surface area (Å²) < 4.78 is 0. The lowest BCUT2D eigenvalue weighted by Gasteiger charge is -2.30. The molecule has 0 unspecified atom stereocenters. The van der Waals surface area contributed by atoms with E-state index in [4.69, 9.17) is 0 Å². The standard InChI is InChI=1S/C16H24OSi/c1-5-10-14-11-9-12-16(15(14)13-17)18(6-2,7-3)8-4/h5,9,11-13H,1,6-8,10H2,2-4H3. The van der Waals surface area contributed by atoms with Gasteiger partial charge >= 0.3 is 0 Å². The summed E-state index contributed by atoms with van der Waals surface area (Å²) in [7, 11) is -1.48. The van der Waals surface area contributed by atoms with Gasteiger partial charge in [-0.15, -0.1) is 6.58 Å². The molecule has 0 N–H and O–H groups in total. The van der Waals surface area contributed by atoms with Crippen molar-refractivity contribution in [2.75, 3.05) is 0 Å². The van der Waals surface area contributed by atoms with Crippen molar-refractivity contribution in [1.82, 2.24) is 0 Å². The Balaban J connectivity index is 3.42. The number of aldehydes is 1. The molecule has 0 heterocycles. The molecular weight excluding hydrogens is 236 g/mol. The molecule has 98 valence electrons. The molecule has 1 rings (SSSR count). The molecule has 0 atom stereocenters. The van der Waals surface area contributed by atoms with Crippen LogP contribution in [0, 0.1) is 0 Å². The van der Waals surface area contributed by atoms with Crippen molar-refractivity contribution in [1.29, 1.82) is 0 Å². The highest BCUT2D eigenvalue weighted by molar-refractivity contribution is 6.92. The molecule has 0 aliphatic carbocycles. The maximum absolute atomic E-state index is 11.5. The molecule has 0 aliphatic heterocycles. The van der Waals surface area contributed by atoms with Gasteiger partial charge in [0.25, 0.3) is 0 Å². The molecule has 0 spiro atoms. The van der Waals surface area contributed by atoms with Crippen molar-refractivity contribution in [2.45, 2.75) is 45.3 Å². The van der Waals surface area contributed by atoms with E-state index >= 15 is 0 Å². The monoisotopic (exact) mass is 260 g/mol. The van der Waals surface area contributed by atoms with Crippen LogP contribution < -0.4 is 5.19 Å². The molecule has 2 heteroatoms. The Morgan fingerprint density at radius 2 is 1.78 bits per heavy atom. The van der Waals surface area contributed by atoms with Gasteiger partial charge in [0, 0.05) is 5.56 Å². The Labute approximate surface area is 112 Å². The number of hydrogen-bond donors (Lipinski definition) is 0. The summed E-state index contributed by atoms with van der Waals surface area (Å²) in [6.07, 6.45) is 3.71. The van der Waals surface area contributed by atoms with E-state index in [9.17, 15) is 4.79 Å². The van der Waals surface area contributed by atoms with E-state index in [0.29, 0.717) is 0 Å². The van der Waals surface area contributed by atoms with Crippen molar-refractivity contribution < 1.29 is 4.79 Å². The van der Waals surface area contributed by atoms with Crippen LogP contribution in [0.3, 0.4) is 0 Å². The normalized spacial score (nSPS) is 11.3. The van der Waals surface area contributed by atoms with Gasteiger partial charge in [-0.05, 0) is 17.2 Å². The zero-order chi connectivity index (χ0) is 13.6. The lowest BCUT2D eigenvalue weighted by atomic mass is 10.1. The van der Waals surface area contributed by atoms with Gasteiger partial charge in [0.1, 0.15) is 6.29 Å². The highest BCUT2D eigenvalue weighted by atomic mass is 28.3. The van der Waals surface area contributed by atoms with Crippen LogP contribution in [-0.4, -0.2) is 14.4 Å². The minimum absolute atomic E-state index is 0.781. The molecule has 0 radical (unpaired) electrons. The Kier molecular flexibility index (Phi) is 5.54. The van der Waals surface area contributed by atoms with Gasteiger partial charge in [0.2, 0.25) is 0 Å². The van der Waals surface area contributed by atoms with Crippen molar-refractivity contribution in [3.8, 4) is 0 Å². The molecule has 1 aromatic rings. The first kappa shape index (κ1) is 14.9. The maximum atomic E-state index is 11.5. The van der Waals surface area contributed by atoms with E-state index in [1.807, 2.05) is 6.08 Å². The molecular formula is C16H24OSi. The number of carbonyl (C=O) groups excluding carboxylic acids is 1. The smallest absolute Gasteiger partial charge is 0.150 e. The first-order chi connectivity index (χ1) is 8.68. The summed E-state index contributed by atoms with van der Waals surface area (Å²) in [5, 5.41) is 1.35. The zero-order valence-corrected chi connectivity index (χ0v) is 12.8. The predicted octanol–water partition coefficient (Wildman–Crippen LogP) is 3.94. The van der Waals surface area contributed by atoms with Gasteiger partial charge in [-0.2, -0.15) is 0 Å². The molecule has 0 amide bonds. The number of allylic oxidation sites excluding steroid dienone is 1. The van der Waals surface area contributed by atoms with Gasteiger partial charge < -0.3 is 0 Å². The van der Waals surface area contributed by atoms with E-state index < -0.39 is 8.07 Å². The third kappa shape index (κ3) is 2.64. The van der Waals surface area contributed by atoms with Crippen molar-refractivity contribution in [3.63, 3.8) is 0 Å². The largest absolute Gasteiger partial charge is 0.298 e. The molecule has 18 heavy (non-hydrogen) atoms. The second-order valence-corrected chi connectivity index (χ2v) is 10.1. The number of rotatable bonds is 7. The van der Waals surface area contributed by atoms with Gasteiger partial charge in [-0.25, -0.2) is 0 Å². The second kappa shape index (κ2) is 6.69. The van der Waals surface area contributed by atoms with Crippen LogP contribution in [0.15, 0.2) is 30.9 Å². The first-order valence-electron chi connectivity index (χ1n) is 6.87. The minimum Gasteiger partial charge on any atom is -0.298 e. The van der Waals surface area contributed by atoms with Crippen LogP contribution in [0.1, 0.15) is 36.7 Å². The Morgan fingerprint density at radius 3 is 2.22 bits per heavy atom. The highest BCUT2D eigenvalue weighted by Gasteiger charge is 2.31. The Bertz CT molecular complexity index is 411. The SMILES string of the molecule is C=CCc1cccc([Si](CC)(CC)CC)c1C=O. The van der Waals surface area contributed by atoms with Crippen molar-refractivity contribution >= 4 is 19.5 Å². The number of carbonyl (C=O) groups is 1. The Hall–Kier alpha value is -1.15. The minimum atomic E-state index is -1.48. The summed E-state index contributed by atoms with van der Waals surface area (Å²) in [5.74, 6) is 0. The van der Waals surface area contributed by atoms with Gasteiger partial charge in [-0.1, -0.05) is 63.2 Å². The van der Waals surface area contributed by atoms with E-state index in [1.54, 1.807) is 0 Å². The summed E-state index contributed by atoms with van der Waals surface area (Å²) in [5.41, 5.74) is 2.07. The lowest BCUT2D eigenvalue weighted by molar-refractivity contribution is 0.112.